The van der Waals surface area contributed by atoms with E-state index >= 15 is 0 Å². The molecule has 2 aromatic carbocycles. The van der Waals surface area contributed by atoms with Crippen molar-refractivity contribution in [2.75, 3.05) is 26.2 Å². The number of nitrogens with zero attached hydrogens (tertiary/aromatic N) is 4. The molecule has 0 saturated carbocycles. The number of hydrogen-bond donors (Lipinski definition) is 2. The van der Waals surface area contributed by atoms with Crippen LogP contribution in [-0.4, -0.2) is 57.1 Å². The number of aliphatic hydroxyl groups excluding tert-OH is 1. The fraction of sp³-hybridized carbons (Fsp3) is 0.348. The van der Waals surface area contributed by atoms with Gasteiger partial charge in [-0.25, -0.2) is 4.68 Å². The molecule has 0 aliphatic carbocycles. The highest BCUT2D eigenvalue weighted by Crippen LogP contribution is 2.25. The Kier molecular flexibility index (Phi) is 6.91. The summed E-state index contributed by atoms with van der Waals surface area (Å²) in [7, 11) is 0. The van der Waals surface area contributed by atoms with E-state index in [1.54, 1.807) is 10.9 Å². The van der Waals surface area contributed by atoms with E-state index in [0.717, 1.165) is 44.0 Å². The average molecular weight is 422 g/mol. The van der Waals surface area contributed by atoms with Crippen LogP contribution in [0.5, 0.6) is 11.5 Å². The molecular formula is C23H27N5O3. The summed E-state index contributed by atoms with van der Waals surface area (Å²) in [4.78, 5) is 14.4. The van der Waals surface area contributed by atoms with Crippen molar-refractivity contribution < 1.29 is 14.6 Å². The smallest absolute Gasteiger partial charge is 0.273 e. The van der Waals surface area contributed by atoms with Gasteiger partial charge in [-0.1, -0.05) is 35.5 Å². The summed E-state index contributed by atoms with van der Waals surface area (Å²) in [5.41, 5.74) is 1.47. The normalized spacial score (nSPS) is 16.7. The Balaban J connectivity index is 1.37. The van der Waals surface area contributed by atoms with E-state index in [4.69, 9.17) is 9.84 Å². The van der Waals surface area contributed by atoms with Gasteiger partial charge >= 0.3 is 0 Å². The largest absolute Gasteiger partial charge is 0.457 e. The minimum absolute atomic E-state index is 0.102. The van der Waals surface area contributed by atoms with Crippen LogP contribution in [0, 0.1) is 0 Å². The lowest BCUT2D eigenvalue weighted by atomic mass is 10.0. The number of likely N-dealkylation sites (tertiary alicyclic amines) is 1. The maximum atomic E-state index is 12.0. The van der Waals surface area contributed by atoms with Crippen molar-refractivity contribution in [3.63, 3.8) is 0 Å². The van der Waals surface area contributed by atoms with Crippen LogP contribution in [0.2, 0.25) is 0 Å². The number of rotatable bonds is 8. The van der Waals surface area contributed by atoms with Crippen molar-refractivity contribution in [2.24, 2.45) is 0 Å². The fourth-order valence-corrected chi connectivity index (χ4v) is 3.80. The van der Waals surface area contributed by atoms with Gasteiger partial charge in [-0.3, -0.25) is 9.69 Å². The van der Waals surface area contributed by atoms with Crippen molar-refractivity contribution in [3.05, 3.63) is 72.1 Å². The lowest BCUT2D eigenvalue weighted by Gasteiger charge is -2.32. The lowest BCUT2D eigenvalue weighted by Crippen LogP contribution is -2.36. The van der Waals surface area contributed by atoms with E-state index in [2.05, 4.69) is 32.7 Å². The molecule has 3 aromatic rings. The van der Waals surface area contributed by atoms with E-state index in [-0.39, 0.29) is 30.8 Å². The van der Waals surface area contributed by atoms with Gasteiger partial charge in [0.1, 0.15) is 11.5 Å². The number of carbonyl (C=O) groups excluding carboxylic acids is 1. The minimum atomic E-state index is -0.316. The topological polar surface area (TPSA) is 92.5 Å². The second-order valence-electron chi connectivity index (χ2n) is 7.66. The number of para-hydroxylation sites is 1. The van der Waals surface area contributed by atoms with Crippen LogP contribution < -0.4 is 10.1 Å². The highest BCUT2D eigenvalue weighted by Gasteiger charge is 2.23. The van der Waals surface area contributed by atoms with Crippen LogP contribution in [0.25, 0.3) is 0 Å². The molecule has 1 aromatic heterocycles. The zero-order valence-electron chi connectivity index (χ0n) is 17.4. The van der Waals surface area contributed by atoms with Gasteiger partial charge in [0.15, 0.2) is 5.69 Å². The molecule has 1 amide bonds. The summed E-state index contributed by atoms with van der Waals surface area (Å²) < 4.78 is 7.74. The molecule has 0 spiro atoms. The molecule has 2 heterocycles. The first-order valence-electron chi connectivity index (χ1n) is 10.6. The van der Waals surface area contributed by atoms with Crippen molar-refractivity contribution in [1.82, 2.24) is 25.2 Å². The predicted octanol–water partition coefficient (Wildman–Crippen LogP) is 2.63. The summed E-state index contributed by atoms with van der Waals surface area (Å²) >= 11 is 0. The maximum absolute atomic E-state index is 12.0. The number of ether oxygens (including phenoxy) is 1. The maximum Gasteiger partial charge on any atom is 0.273 e. The standard InChI is InChI=1S/C23H27N5O3/c29-13-11-24-23(30)22-17-28(26-25-22)19-7-5-12-27(16-19)15-18-6-4-10-21(14-18)31-20-8-2-1-3-9-20/h1-4,6,8-10,14,17,19,29H,5,7,11-13,15-16H2,(H,24,30). The van der Waals surface area contributed by atoms with Crippen LogP contribution in [-0.2, 0) is 6.54 Å². The number of carbonyl (C=O) groups is 1. The summed E-state index contributed by atoms with van der Waals surface area (Å²) in [5.74, 6) is 1.33. The monoisotopic (exact) mass is 421 g/mol. The van der Waals surface area contributed by atoms with Gasteiger partial charge in [0.25, 0.3) is 5.91 Å². The number of hydrogen-bond acceptors (Lipinski definition) is 6. The zero-order chi connectivity index (χ0) is 21.5. The van der Waals surface area contributed by atoms with Crippen LogP contribution in [0.4, 0.5) is 0 Å². The van der Waals surface area contributed by atoms with Crippen LogP contribution in [0.1, 0.15) is 34.9 Å². The van der Waals surface area contributed by atoms with Gasteiger partial charge in [0, 0.05) is 19.6 Å². The van der Waals surface area contributed by atoms with Gasteiger partial charge in [-0.15, -0.1) is 5.10 Å². The quantitative estimate of drug-likeness (QED) is 0.581. The number of benzene rings is 2. The van der Waals surface area contributed by atoms with E-state index < -0.39 is 0 Å². The first kappa shape index (κ1) is 21.0. The highest BCUT2D eigenvalue weighted by molar-refractivity contribution is 5.91. The van der Waals surface area contributed by atoms with E-state index in [0.29, 0.717) is 0 Å². The Morgan fingerprint density at radius 1 is 1.16 bits per heavy atom. The number of aromatic nitrogens is 3. The van der Waals surface area contributed by atoms with Crippen LogP contribution in [0.3, 0.4) is 0 Å². The first-order chi connectivity index (χ1) is 15.2. The highest BCUT2D eigenvalue weighted by atomic mass is 16.5. The molecule has 1 aliphatic rings. The second kappa shape index (κ2) is 10.2. The van der Waals surface area contributed by atoms with Crippen LogP contribution in [0.15, 0.2) is 60.8 Å². The Hall–Kier alpha value is -3.23. The van der Waals surface area contributed by atoms with Crippen LogP contribution >= 0.6 is 0 Å². The Morgan fingerprint density at radius 3 is 2.84 bits per heavy atom. The van der Waals surface area contributed by atoms with Gasteiger partial charge in [-0.05, 0) is 49.2 Å². The van der Waals surface area contributed by atoms with Crippen molar-refractivity contribution in [1.29, 1.82) is 0 Å². The number of aliphatic hydroxyl groups is 1. The number of nitrogens with one attached hydrogen (secondary N) is 1. The summed E-state index contributed by atoms with van der Waals surface area (Å²) in [5, 5.41) is 19.6. The Labute approximate surface area is 181 Å². The molecule has 8 heteroatoms. The zero-order valence-corrected chi connectivity index (χ0v) is 17.4. The fourth-order valence-electron chi connectivity index (χ4n) is 3.80. The number of piperidine rings is 1. The molecule has 1 fully saturated rings. The first-order valence-corrected chi connectivity index (χ1v) is 10.6. The third kappa shape index (κ3) is 5.68. The molecule has 0 bridgehead atoms. The molecule has 1 aliphatic heterocycles. The van der Waals surface area contributed by atoms with Gasteiger partial charge < -0.3 is 15.2 Å². The molecule has 1 unspecified atom stereocenters. The molecule has 1 atom stereocenters. The van der Waals surface area contributed by atoms with Gasteiger partial charge in [0.2, 0.25) is 0 Å². The summed E-state index contributed by atoms with van der Waals surface area (Å²) in [6, 6.07) is 18.1. The Bertz CT molecular complexity index is 992. The molecule has 4 rings (SSSR count). The molecule has 162 valence electrons. The molecule has 8 nitrogen and oxygen atoms in total. The predicted molar refractivity (Wildman–Crippen MR) is 116 cm³/mol. The van der Waals surface area contributed by atoms with Crippen molar-refractivity contribution >= 4 is 5.91 Å². The summed E-state index contributed by atoms with van der Waals surface area (Å²) in [6.07, 6.45) is 3.74. The molecule has 0 radical (unpaired) electrons. The van der Waals surface area contributed by atoms with E-state index in [1.165, 1.54) is 5.56 Å². The number of amides is 1. The lowest BCUT2D eigenvalue weighted by molar-refractivity contribution is 0.0939. The van der Waals surface area contributed by atoms with Gasteiger partial charge in [0.05, 0.1) is 18.8 Å². The van der Waals surface area contributed by atoms with Crippen molar-refractivity contribution in [2.45, 2.75) is 25.4 Å². The van der Waals surface area contributed by atoms with Crippen molar-refractivity contribution in [3.8, 4) is 11.5 Å². The van der Waals surface area contributed by atoms with Gasteiger partial charge in [-0.2, -0.15) is 0 Å². The molecule has 31 heavy (non-hydrogen) atoms. The SMILES string of the molecule is O=C(NCCO)c1cn(C2CCCN(Cc3cccc(Oc4ccccc4)c3)C2)nn1. The molecular weight excluding hydrogens is 394 g/mol. The third-order valence-corrected chi connectivity index (χ3v) is 5.28. The second-order valence-corrected chi connectivity index (χ2v) is 7.66. The molecule has 2 N–H and O–H groups in total. The molecule has 1 saturated heterocycles. The van der Waals surface area contributed by atoms with E-state index in [1.807, 2.05) is 42.5 Å². The summed E-state index contributed by atoms with van der Waals surface area (Å²) in [6.45, 7) is 2.77. The third-order valence-electron chi connectivity index (χ3n) is 5.28. The average Bonchev–Trinajstić information content (AvgIpc) is 3.29. The minimum Gasteiger partial charge on any atom is -0.457 e. The van der Waals surface area contributed by atoms with E-state index in [9.17, 15) is 4.79 Å². The Morgan fingerprint density at radius 2 is 2.00 bits per heavy atom.